The molecule has 0 aromatic carbocycles. The Balaban J connectivity index is 2.31. The molecule has 2 atom stereocenters. The van der Waals surface area contributed by atoms with Crippen molar-refractivity contribution in [3.63, 3.8) is 0 Å². The number of amides is 1. The van der Waals surface area contributed by atoms with Gasteiger partial charge in [-0.25, -0.2) is 0 Å². The molecule has 80 valence electrons. The van der Waals surface area contributed by atoms with Crippen LogP contribution in [0.2, 0.25) is 0 Å². The minimum Gasteiger partial charge on any atom is -0.368 e. The molecule has 1 aliphatic rings. The minimum atomic E-state index is -0.341. The van der Waals surface area contributed by atoms with E-state index in [0.29, 0.717) is 5.25 Å². The van der Waals surface area contributed by atoms with E-state index in [1.165, 1.54) is 12.8 Å². The van der Waals surface area contributed by atoms with Gasteiger partial charge in [0.1, 0.15) is 6.04 Å². The molecule has 0 saturated carbocycles. The van der Waals surface area contributed by atoms with Crippen LogP contribution in [0, 0.1) is 0 Å². The number of thioether (sulfide) groups is 1. The Kier molecular flexibility index (Phi) is 4.25. The number of amidine groups is 1. The monoisotopic (exact) mass is 215 g/mol. The third kappa shape index (κ3) is 3.21. The molecule has 0 aliphatic carbocycles. The molecule has 1 aliphatic heterocycles. The SMILES string of the molecule is CCCC1CN=C(NC(C)C(N)=O)S1. The van der Waals surface area contributed by atoms with Gasteiger partial charge in [0.05, 0.1) is 6.54 Å². The highest BCUT2D eigenvalue weighted by atomic mass is 32.2. The molecule has 4 nitrogen and oxygen atoms in total. The third-order valence-corrected chi connectivity index (χ3v) is 3.28. The van der Waals surface area contributed by atoms with E-state index in [0.717, 1.165) is 11.7 Å². The standard InChI is InChI=1S/C9H17N3OS/c1-3-4-7-5-11-9(14-7)12-6(2)8(10)13/h6-7H,3-5H2,1-2H3,(H2,10,13)(H,11,12). The molecule has 1 heterocycles. The Morgan fingerprint density at radius 2 is 2.57 bits per heavy atom. The maximum Gasteiger partial charge on any atom is 0.239 e. The molecule has 1 rings (SSSR count). The van der Waals surface area contributed by atoms with E-state index < -0.39 is 0 Å². The molecule has 5 heteroatoms. The van der Waals surface area contributed by atoms with Crippen molar-refractivity contribution in [2.45, 2.75) is 38.0 Å². The third-order valence-electron chi connectivity index (χ3n) is 2.09. The van der Waals surface area contributed by atoms with Crippen LogP contribution < -0.4 is 11.1 Å². The van der Waals surface area contributed by atoms with E-state index in [1.807, 2.05) is 0 Å². The van der Waals surface area contributed by atoms with Crippen molar-refractivity contribution in [3.8, 4) is 0 Å². The summed E-state index contributed by atoms with van der Waals surface area (Å²) in [4.78, 5) is 15.1. The van der Waals surface area contributed by atoms with Crippen LogP contribution in [0.25, 0.3) is 0 Å². The van der Waals surface area contributed by atoms with Gasteiger partial charge in [-0.2, -0.15) is 0 Å². The summed E-state index contributed by atoms with van der Waals surface area (Å²) in [6.45, 7) is 4.77. The number of primary amides is 1. The van der Waals surface area contributed by atoms with E-state index in [1.54, 1.807) is 18.7 Å². The van der Waals surface area contributed by atoms with Gasteiger partial charge in [0.2, 0.25) is 5.91 Å². The van der Waals surface area contributed by atoms with Gasteiger partial charge in [0, 0.05) is 5.25 Å². The fourth-order valence-electron chi connectivity index (χ4n) is 1.23. The topological polar surface area (TPSA) is 67.5 Å². The van der Waals surface area contributed by atoms with Gasteiger partial charge < -0.3 is 11.1 Å². The lowest BCUT2D eigenvalue weighted by Gasteiger charge is -2.11. The van der Waals surface area contributed by atoms with E-state index in [-0.39, 0.29) is 11.9 Å². The van der Waals surface area contributed by atoms with Gasteiger partial charge in [0.25, 0.3) is 0 Å². The zero-order valence-corrected chi connectivity index (χ0v) is 9.43. The fraction of sp³-hybridized carbons (Fsp3) is 0.778. The molecule has 3 N–H and O–H groups in total. The lowest BCUT2D eigenvalue weighted by molar-refractivity contribution is -0.119. The smallest absolute Gasteiger partial charge is 0.239 e. The van der Waals surface area contributed by atoms with E-state index in [2.05, 4.69) is 17.2 Å². The zero-order valence-electron chi connectivity index (χ0n) is 8.62. The van der Waals surface area contributed by atoms with Crippen LogP contribution in [0.1, 0.15) is 26.7 Å². The number of hydrogen-bond donors (Lipinski definition) is 2. The van der Waals surface area contributed by atoms with E-state index in [9.17, 15) is 4.79 Å². The van der Waals surface area contributed by atoms with Crippen LogP contribution >= 0.6 is 11.8 Å². The number of hydrogen-bond acceptors (Lipinski definition) is 4. The summed E-state index contributed by atoms with van der Waals surface area (Å²) in [5.41, 5.74) is 5.14. The molecular formula is C9H17N3OS. The molecule has 0 saturated heterocycles. The van der Waals surface area contributed by atoms with Crippen LogP contribution in [0.4, 0.5) is 0 Å². The molecular weight excluding hydrogens is 198 g/mol. The maximum atomic E-state index is 10.8. The van der Waals surface area contributed by atoms with Gasteiger partial charge in [-0.1, -0.05) is 25.1 Å². The lowest BCUT2D eigenvalue weighted by Crippen LogP contribution is -2.40. The summed E-state index contributed by atoms with van der Waals surface area (Å²) < 4.78 is 0. The number of aliphatic imine (C=N–C) groups is 1. The zero-order chi connectivity index (χ0) is 10.6. The molecule has 0 aromatic heterocycles. The normalized spacial score (nSPS) is 23.0. The highest BCUT2D eigenvalue weighted by molar-refractivity contribution is 8.14. The Morgan fingerprint density at radius 3 is 3.14 bits per heavy atom. The van der Waals surface area contributed by atoms with Crippen molar-refractivity contribution < 1.29 is 4.79 Å². The summed E-state index contributed by atoms with van der Waals surface area (Å²) in [6.07, 6.45) is 2.34. The predicted molar refractivity (Wildman–Crippen MR) is 60.4 cm³/mol. The van der Waals surface area contributed by atoms with Crippen molar-refractivity contribution in [1.82, 2.24) is 5.32 Å². The van der Waals surface area contributed by atoms with Gasteiger partial charge in [-0.3, -0.25) is 9.79 Å². The largest absolute Gasteiger partial charge is 0.368 e. The summed E-state index contributed by atoms with van der Waals surface area (Å²) in [5.74, 6) is -0.341. The number of nitrogens with zero attached hydrogens (tertiary/aromatic N) is 1. The Hall–Kier alpha value is -0.710. The summed E-state index contributed by atoms with van der Waals surface area (Å²) in [7, 11) is 0. The molecule has 0 radical (unpaired) electrons. The number of nitrogens with two attached hydrogens (primary N) is 1. The number of nitrogens with one attached hydrogen (secondary N) is 1. The van der Waals surface area contributed by atoms with Crippen molar-refractivity contribution in [1.29, 1.82) is 0 Å². The van der Waals surface area contributed by atoms with Crippen LogP contribution in [0.15, 0.2) is 4.99 Å². The molecule has 0 spiro atoms. The average Bonchev–Trinajstić information content (AvgIpc) is 2.53. The molecule has 1 amide bonds. The number of carbonyl (C=O) groups is 1. The van der Waals surface area contributed by atoms with Gasteiger partial charge >= 0.3 is 0 Å². The fourth-order valence-corrected chi connectivity index (χ4v) is 2.44. The number of rotatable bonds is 4. The quantitative estimate of drug-likeness (QED) is 0.726. The molecule has 0 bridgehead atoms. The van der Waals surface area contributed by atoms with Gasteiger partial charge in [0.15, 0.2) is 5.17 Å². The second-order valence-electron chi connectivity index (χ2n) is 3.44. The van der Waals surface area contributed by atoms with Crippen molar-refractivity contribution in [2.75, 3.05) is 6.54 Å². The molecule has 2 unspecified atom stereocenters. The first-order valence-corrected chi connectivity index (χ1v) is 5.78. The first-order valence-electron chi connectivity index (χ1n) is 4.90. The van der Waals surface area contributed by atoms with Crippen molar-refractivity contribution >= 4 is 22.8 Å². The van der Waals surface area contributed by atoms with Crippen molar-refractivity contribution in [2.24, 2.45) is 10.7 Å². The van der Waals surface area contributed by atoms with Crippen LogP contribution in [0.5, 0.6) is 0 Å². The highest BCUT2D eigenvalue weighted by Crippen LogP contribution is 2.23. The van der Waals surface area contributed by atoms with Gasteiger partial charge in [-0.15, -0.1) is 0 Å². The average molecular weight is 215 g/mol. The molecule has 0 aromatic rings. The minimum absolute atomic E-state index is 0.332. The summed E-state index contributed by atoms with van der Waals surface area (Å²) >= 11 is 1.71. The van der Waals surface area contributed by atoms with Crippen LogP contribution in [-0.4, -0.2) is 28.9 Å². The van der Waals surface area contributed by atoms with Crippen molar-refractivity contribution in [3.05, 3.63) is 0 Å². The molecule has 14 heavy (non-hydrogen) atoms. The first-order chi connectivity index (χ1) is 6.63. The second-order valence-corrected chi connectivity index (χ2v) is 4.73. The Bertz CT molecular complexity index is 242. The van der Waals surface area contributed by atoms with Gasteiger partial charge in [-0.05, 0) is 13.3 Å². The Labute approximate surface area is 88.7 Å². The van der Waals surface area contributed by atoms with E-state index >= 15 is 0 Å². The Morgan fingerprint density at radius 1 is 1.86 bits per heavy atom. The summed E-state index contributed by atoms with van der Waals surface area (Å²) in [5, 5.41) is 4.43. The first kappa shape index (κ1) is 11.4. The lowest BCUT2D eigenvalue weighted by atomic mass is 10.2. The van der Waals surface area contributed by atoms with E-state index in [4.69, 9.17) is 5.73 Å². The maximum absolute atomic E-state index is 10.8. The predicted octanol–water partition coefficient (Wildman–Crippen LogP) is 0.721. The number of carbonyl (C=O) groups excluding carboxylic acids is 1. The second kappa shape index (κ2) is 5.24. The summed E-state index contributed by atoms with van der Waals surface area (Å²) in [6, 6.07) is -0.332. The highest BCUT2D eigenvalue weighted by Gasteiger charge is 2.20. The van der Waals surface area contributed by atoms with Crippen LogP contribution in [0.3, 0.4) is 0 Å². The van der Waals surface area contributed by atoms with Crippen LogP contribution in [-0.2, 0) is 4.79 Å². The molecule has 0 fully saturated rings.